The smallest absolute Gasteiger partial charge is 0.232 e. The zero-order valence-corrected chi connectivity index (χ0v) is 18.4. The fourth-order valence-electron chi connectivity index (χ4n) is 3.03. The van der Waals surface area contributed by atoms with E-state index in [4.69, 9.17) is 0 Å². The van der Waals surface area contributed by atoms with Crippen LogP contribution in [0.3, 0.4) is 0 Å². The maximum atomic E-state index is 12.9. The molecule has 9 heteroatoms. The van der Waals surface area contributed by atoms with Gasteiger partial charge in [-0.05, 0) is 67.6 Å². The second-order valence-corrected chi connectivity index (χ2v) is 8.90. The molecule has 0 aliphatic heterocycles. The second kappa shape index (κ2) is 9.03. The van der Waals surface area contributed by atoms with Crippen molar-refractivity contribution in [3.63, 3.8) is 0 Å². The first-order valence-electron chi connectivity index (χ1n) is 9.89. The summed E-state index contributed by atoms with van der Waals surface area (Å²) in [5, 5.41) is 9.21. The topological polar surface area (TPSA) is 109 Å². The van der Waals surface area contributed by atoms with Gasteiger partial charge in [0.15, 0.2) is 0 Å². The maximum absolute atomic E-state index is 12.9. The van der Waals surface area contributed by atoms with Gasteiger partial charge in [-0.3, -0.25) is 0 Å². The van der Waals surface area contributed by atoms with Crippen LogP contribution in [0.25, 0.3) is 0 Å². The van der Waals surface area contributed by atoms with Crippen LogP contribution in [0.15, 0.2) is 88.7 Å². The molecule has 0 saturated heterocycles. The van der Waals surface area contributed by atoms with Gasteiger partial charge in [0.25, 0.3) is 0 Å². The number of hydrogen-bond acceptors (Lipinski definition) is 8. The SMILES string of the molecule is CNc1ccc(S(=O)(=O)c2ccc(Nc3nc(C)nc(Nc4ccccc4)n3)cc2)cc1. The number of nitrogens with one attached hydrogen (secondary N) is 3. The summed E-state index contributed by atoms with van der Waals surface area (Å²) in [5.41, 5.74) is 2.37. The summed E-state index contributed by atoms with van der Waals surface area (Å²) in [5.74, 6) is 1.31. The van der Waals surface area contributed by atoms with Gasteiger partial charge in [-0.15, -0.1) is 0 Å². The van der Waals surface area contributed by atoms with E-state index in [0.29, 0.717) is 23.4 Å². The molecule has 4 rings (SSSR count). The molecule has 0 amide bonds. The van der Waals surface area contributed by atoms with Crippen LogP contribution in [0.2, 0.25) is 0 Å². The lowest BCUT2D eigenvalue weighted by molar-refractivity contribution is 0.596. The first-order valence-corrected chi connectivity index (χ1v) is 11.4. The van der Waals surface area contributed by atoms with Crippen molar-refractivity contribution in [3.05, 3.63) is 84.7 Å². The number of para-hydroxylation sites is 1. The van der Waals surface area contributed by atoms with Crippen LogP contribution in [-0.4, -0.2) is 30.4 Å². The van der Waals surface area contributed by atoms with E-state index >= 15 is 0 Å². The summed E-state index contributed by atoms with van der Waals surface area (Å²) in [6.45, 7) is 1.78. The minimum atomic E-state index is -3.61. The monoisotopic (exact) mass is 446 g/mol. The number of aryl methyl sites for hydroxylation is 1. The van der Waals surface area contributed by atoms with E-state index in [1.54, 1.807) is 62.5 Å². The van der Waals surface area contributed by atoms with Gasteiger partial charge in [0.2, 0.25) is 21.7 Å². The lowest BCUT2D eigenvalue weighted by Crippen LogP contribution is -2.06. The molecule has 1 aromatic heterocycles. The third kappa shape index (κ3) is 4.84. The summed E-state index contributed by atoms with van der Waals surface area (Å²) in [7, 11) is -1.83. The first kappa shape index (κ1) is 21.3. The van der Waals surface area contributed by atoms with Crippen LogP contribution in [0.1, 0.15) is 5.82 Å². The highest BCUT2D eigenvalue weighted by atomic mass is 32.2. The van der Waals surface area contributed by atoms with Crippen LogP contribution in [0.4, 0.5) is 29.0 Å². The van der Waals surface area contributed by atoms with E-state index < -0.39 is 9.84 Å². The Hall–Kier alpha value is -3.98. The highest BCUT2D eigenvalue weighted by Gasteiger charge is 2.17. The lowest BCUT2D eigenvalue weighted by Gasteiger charge is -2.10. The van der Waals surface area contributed by atoms with Crippen molar-refractivity contribution in [2.75, 3.05) is 23.0 Å². The number of anilines is 5. The molecule has 0 bridgehead atoms. The zero-order chi connectivity index (χ0) is 22.6. The number of rotatable bonds is 7. The molecular weight excluding hydrogens is 424 g/mol. The van der Waals surface area contributed by atoms with E-state index in [9.17, 15) is 8.42 Å². The molecule has 0 spiro atoms. The standard InChI is InChI=1S/C23H22N6O2S/c1-16-25-22(27-18-6-4-3-5-7-18)29-23(26-16)28-19-10-14-21(15-11-19)32(30,31)20-12-8-17(24-2)9-13-20/h3-15,24H,1-2H3,(H2,25,26,27,28,29). The van der Waals surface area contributed by atoms with Crippen molar-refractivity contribution in [2.45, 2.75) is 16.7 Å². The van der Waals surface area contributed by atoms with Crippen LogP contribution in [-0.2, 0) is 9.84 Å². The summed E-state index contributed by atoms with van der Waals surface area (Å²) in [4.78, 5) is 13.4. The Morgan fingerprint density at radius 1 is 0.625 bits per heavy atom. The molecule has 8 nitrogen and oxygen atoms in total. The molecule has 162 valence electrons. The van der Waals surface area contributed by atoms with Crippen molar-refractivity contribution in [2.24, 2.45) is 0 Å². The largest absolute Gasteiger partial charge is 0.388 e. The molecule has 0 saturated carbocycles. The Morgan fingerprint density at radius 2 is 1.09 bits per heavy atom. The first-order chi connectivity index (χ1) is 15.4. The molecule has 3 aromatic carbocycles. The predicted octanol–water partition coefficient (Wildman–Crippen LogP) is 4.54. The Balaban J connectivity index is 1.52. The summed E-state index contributed by atoms with van der Waals surface area (Å²) < 4.78 is 25.8. The van der Waals surface area contributed by atoms with E-state index in [1.807, 2.05) is 30.3 Å². The number of nitrogens with zero attached hydrogens (tertiary/aromatic N) is 3. The van der Waals surface area contributed by atoms with Gasteiger partial charge in [-0.25, -0.2) is 8.42 Å². The van der Waals surface area contributed by atoms with Gasteiger partial charge < -0.3 is 16.0 Å². The highest BCUT2D eigenvalue weighted by molar-refractivity contribution is 7.91. The van der Waals surface area contributed by atoms with Gasteiger partial charge in [0.05, 0.1) is 9.79 Å². The molecular formula is C23H22N6O2S. The fourth-order valence-corrected chi connectivity index (χ4v) is 4.29. The van der Waals surface area contributed by atoms with Crippen molar-refractivity contribution >= 4 is 38.8 Å². The quantitative estimate of drug-likeness (QED) is 0.380. The Labute approximate surface area is 186 Å². The van der Waals surface area contributed by atoms with Crippen molar-refractivity contribution in [1.82, 2.24) is 15.0 Å². The van der Waals surface area contributed by atoms with Crippen LogP contribution >= 0.6 is 0 Å². The zero-order valence-electron chi connectivity index (χ0n) is 17.6. The fraction of sp³-hybridized carbons (Fsp3) is 0.0870. The van der Waals surface area contributed by atoms with E-state index in [-0.39, 0.29) is 9.79 Å². The normalized spacial score (nSPS) is 11.1. The molecule has 3 N–H and O–H groups in total. The average Bonchev–Trinajstić information content (AvgIpc) is 2.80. The molecule has 0 aliphatic rings. The van der Waals surface area contributed by atoms with Gasteiger partial charge in [0, 0.05) is 24.1 Å². The molecule has 32 heavy (non-hydrogen) atoms. The lowest BCUT2D eigenvalue weighted by atomic mass is 10.3. The van der Waals surface area contributed by atoms with Gasteiger partial charge in [-0.1, -0.05) is 18.2 Å². The number of aromatic nitrogens is 3. The minimum Gasteiger partial charge on any atom is -0.388 e. The van der Waals surface area contributed by atoms with Crippen LogP contribution in [0, 0.1) is 6.92 Å². The van der Waals surface area contributed by atoms with Crippen LogP contribution < -0.4 is 16.0 Å². The Bertz CT molecular complexity index is 1310. The van der Waals surface area contributed by atoms with Crippen molar-refractivity contribution < 1.29 is 8.42 Å². The third-order valence-electron chi connectivity index (χ3n) is 4.65. The second-order valence-electron chi connectivity index (χ2n) is 6.95. The summed E-state index contributed by atoms with van der Waals surface area (Å²) >= 11 is 0. The minimum absolute atomic E-state index is 0.207. The highest BCUT2D eigenvalue weighted by Crippen LogP contribution is 2.24. The van der Waals surface area contributed by atoms with Crippen molar-refractivity contribution in [1.29, 1.82) is 0 Å². The Kier molecular flexibility index (Phi) is 6.00. The van der Waals surface area contributed by atoms with Gasteiger partial charge >= 0.3 is 0 Å². The summed E-state index contributed by atoms with van der Waals surface area (Å²) in [6.07, 6.45) is 0. The van der Waals surface area contributed by atoms with E-state index in [2.05, 4.69) is 30.9 Å². The maximum Gasteiger partial charge on any atom is 0.232 e. The van der Waals surface area contributed by atoms with E-state index in [1.165, 1.54) is 0 Å². The van der Waals surface area contributed by atoms with Gasteiger partial charge in [0.1, 0.15) is 5.82 Å². The summed E-state index contributed by atoms with van der Waals surface area (Å²) in [6, 6.07) is 22.7. The number of benzene rings is 3. The third-order valence-corrected chi connectivity index (χ3v) is 6.44. The molecule has 4 aromatic rings. The van der Waals surface area contributed by atoms with Crippen molar-refractivity contribution in [3.8, 4) is 0 Å². The molecule has 0 fully saturated rings. The Morgan fingerprint density at radius 3 is 1.59 bits per heavy atom. The van der Waals surface area contributed by atoms with Crippen LogP contribution in [0.5, 0.6) is 0 Å². The van der Waals surface area contributed by atoms with E-state index in [0.717, 1.165) is 11.4 Å². The van der Waals surface area contributed by atoms with Gasteiger partial charge in [-0.2, -0.15) is 15.0 Å². The molecule has 0 unspecified atom stereocenters. The predicted molar refractivity (Wildman–Crippen MR) is 125 cm³/mol. The molecule has 1 heterocycles. The number of hydrogen-bond donors (Lipinski definition) is 3. The molecule has 0 radical (unpaired) electrons. The molecule has 0 aliphatic carbocycles. The number of sulfone groups is 1. The average molecular weight is 447 g/mol. The molecule has 0 atom stereocenters.